The van der Waals surface area contributed by atoms with Crippen molar-refractivity contribution in [3.63, 3.8) is 0 Å². The largest absolute Gasteiger partial charge is 0.453 e. The first kappa shape index (κ1) is 20.4. The van der Waals surface area contributed by atoms with Crippen LogP contribution in [0.3, 0.4) is 0 Å². The van der Waals surface area contributed by atoms with Crippen LogP contribution in [0.2, 0.25) is 0 Å². The highest BCUT2D eigenvalue weighted by Gasteiger charge is 2.18. The lowest BCUT2D eigenvalue weighted by molar-refractivity contribution is 0.370. The van der Waals surface area contributed by atoms with Crippen LogP contribution in [0.15, 0.2) is 41.5 Å². The number of anilines is 1. The highest BCUT2D eigenvalue weighted by atomic mass is 32.2. The molecular weight excluding hydrogens is 406 g/mol. The van der Waals surface area contributed by atoms with Gasteiger partial charge in [0.15, 0.2) is 11.6 Å². The van der Waals surface area contributed by atoms with E-state index in [4.69, 9.17) is 9.29 Å². The molecule has 0 aliphatic rings. The fourth-order valence-electron chi connectivity index (χ4n) is 2.63. The Kier molecular flexibility index (Phi) is 5.86. The Bertz CT molecular complexity index is 1210. The molecule has 11 heteroatoms. The summed E-state index contributed by atoms with van der Waals surface area (Å²) in [5.74, 6) is -1.34. The van der Waals surface area contributed by atoms with Gasteiger partial charge in [-0.25, -0.2) is 18.0 Å². The van der Waals surface area contributed by atoms with Crippen molar-refractivity contribution in [3.05, 3.63) is 58.4 Å². The Balaban J connectivity index is 2.09. The summed E-state index contributed by atoms with van der Waals surface area (Å²) in [5.41, 5.74) is -0.608. The fourth-order valence-corrected chi connectivity index (χ4v) is 2.99. The molecule has 1 aromatic heterocycles. The van der Waals surface area contributed by atoms with Crippen molar-refractivity contribution in [1.29, 1.82) is 5.26 Å². The smallest absolute Gasteiger partial charge is 0.261 e. The number of alkyl halides is 1. The maximum Gasteiger partial charge on any atom is 0.261 e. The second-order valence-electron chi connectivity index (χ2n) is 6.00. The molecular formula is C18H14F2N4O4S. The van der Waals surface area contributed by atoms with Gasteiger partial charge in [-0.2, -0.15) is 5.26 Å². The van der Waals surface area contributed by atoms with Gasteiger partial charge in [-0.1, -0.05) is 0 Å². The molecule has 0 fully saturated rings. The number of fused-ring (bicyclic) bond motifs is 1. The van der Waals surface area contributed by atoms with E-state index in [0.717, 1.165) is 16.7 Å². The van der Waals surface area contributed by atoms with Crippen molar-refractivity contribution < 1.29 is 22.3 Å². The van der Waals surface area contributed by atoms with E-state index >= 15 is 0 Å². The average Bonchev–Trinajstić information content (AvgIpc) is 2.70. The molecule has 3 rings (SSSR count). The quantitative estimate of drug-likeness (QED) is 0.591. The van der Waals surface area contributed by atoms with Gasteiger partial charge in [0.05, 0.1) is 29.0 Å². The number of rotatable bonds is 6. The molecule has 0 radical (unpaired) electrons. The lowest BCUT2D eigenvalue weighted by Crippen LogP contribution is -2.24. The Hall–Kier alpha value is -3.36. The van der Waals surface area contributed by atoms with E-state index in [1.807, 2.05) is 0 Å². The monoisotopic (exact) mass is 420 g/mol. The highest BCUT2D eigenvalue weighted by molar-refractivity contribution is 7.80. The number of benzene rings is 2. The molecule has 0 spiro atoms. The Morgan fingerprint density at radius 3 is 2.83 bits per heavy atom. The predicted molar refractivity (Wildman–Crippen MR) is 102 cm³/mol. The molecule has 0 aliphatic carbocycles. The molecule has 0 bridgehead atoms. The van der Waals surface area contributed by atoms with E-state index in [0.29, 0.717) is 5.52 Å². The van der Waals surface area contributed by atoms with Gasteiger partial charge in [0.25, 0.3) is 16.8 Å². The molecule has 2 N–H and O–H groups in total. The van der Waals surface area contributed by atoms with Crippen LogP contribution in [0.5, 0.6) is 11.5 Å². The molecule has 0 saturated carbocycles. The maximum absolute atomic E-state index is 14.3. The van der Waals surface area contributed by atoms with Gasteiger partial charge in [0.2, 0.25) is 0 Å². The highest BCUT2D eigenvalue weighted by Crippen LogP contribution is 2.33. The van der Waals surface area contributed by atoms with Crippen molar-refractivity contribution in [3.8, 4) is 17.6 Å². The number of hydrogen-bond acceptors (Lipinski definition) is 5. The first-order valence-corrected chi connectivity index (χ1v) is 9.31. The minimum atomic E-state index is -2.48. The van der Waals surface area contributed by atoms with Crippen molar-refractivity contribution in [2.75, 3.05) is 11.4 Å². The normalized spacial score (nSPS) is 12.9. The molecule has 1 heterocycles. The summed E-state index contributed by atoms with van der Waals surface area (Å²) in [6.45, 7) is 0.763. The van der Waals surface area contributed by atoms with Crippen LogP contribution >= 0.6 is 0 Å². The molecule has 2 aromatic carbocycles. The van der Waals surface area contributed by atoms with Gasteiger partial charge in [0, 0.05) is 0 Å². The number of hydrogen-bond donors (Lipinski definition) is 2. The molecule has 0 saturated heterocycles. The summed E-state index contributed by atoms with van der Waals surface area (Å²) < 4.78 is 55.9. The van der Waals surface area contributed by atoms with Gasteiger partial charge in [-0.15, -0.1) is 0 Å². The van der Waals surface area contributed by atoms with Crippen LogP contribution in [0.1, 0.15) is 18.5 Å². The Morgan fingerprint density at radius 1 is 1.41 bits per heavy atom. The van der Waals surface area contributed by atoms with E-state index in [1.165, 1.54) is 31.5 Å². The van der Waals surface area contributed by atoms with Crippen LogP contribution in [0.25, 0.3) is 10.9 Å². The molecule has 3 aromatic rings. The summed E-state index contributed by atoms with van der Waals surface area (Å²) in [5, 5.41) is 9.46. The predicted octanol–water partition coefficient (Wildman–Crippen LogP) is 3.28. The summed E-state index contributed by atoms with van der Waals surface area (Å²) in [4.78, 5) is 16.7. The van der Waals surface area contributed by atoms with Crippen LogP contribution < -0.4 is 15.0 Å². The Morgan fingerprint density at radius 2 is 2.17 bits per heavy atom. The summed E-state index contributed by atoms with van der Waals surface area (Å²) in [6.07, 6.45) is 1.24. The number of ether oxygens (including phenoxy) is 1. The number of halogens is 2. The zero-order valence-corrected chi connectivity index (χ0v) is 15.7. The lowest BCUT2D eigenvalue weighted by Gasteiger charge is -2.13. The van der Waals surface area contributed by atoms with Crippen LogP contribution in [-0.4, -0.2) is 25.0 Å². The maximum atomic E-state index is 14.3. The third kappa shape index (κ3) is 4.08. The van der Waals surface area contributed by atoms with Crippen molar-refractivity contribution in [2.24, 2.45) is 0 Å². The molecule has 0 amide bonds. The minimum absolute atomic E-state index is 0.0275. The van der Waals surface area contributed by atoms with Crippen LogP contribution in [0, 0.1) is 17.1 Å². The van der Waals surface area contributed by atoms with Crippen molar-refractivity contribution >= 4 is 27.9 Å². The van der Waals surface area contributed by atoms with E-state index in [1.54, 1.807) is 6.07 Å². The number of nitrogens with zero attached hydrogens (tertiary/aromatic N) is 3. The zero-order valence-electron chi connectivity index (χ0n) is 14.9. The Labute approximate surface area is 165 Å². The van der Waals surface area contributed by atoms with Crippen molar-refractivity contribution in [2.45, 2.75) is 13.0 Å². The third-order valence-corrected chi connectivity index (χ3v) is 4.49. The van der Waals surface area contributed by atoms with Gasteiger partial charge in [0.1, 0.15) is 24.1 Å². The van der Waals surface area contributed by atoms with Gasteiger partial charge in [-0.05, 0) is 37.3 Å². The van der Waals surface area contributed by atoms with E-state index in [-0.39, 0.29) is 22.4 Å². The van der Waals surface area contributed by atoms with Crippen molar-refractivity contribution in [1.82, 2.24) is 9.55 Å². The third-order valence-electron chi connectivity index (χ3n) is 4.09. The molecule has 8 nitrogen and oxygen atoms in total. The second kappa shape index (κ2) is 8.34. The van der Waals surface area contributed by atoms with Gasteiger partial charge in [-0.3, -0.25) is 18.6 Å². The first-order valence-electron chi connectivity index (χ1n) is 8.20. The molecule has 2 atom stereocenters. The molecule has 1 unspecified atom stereocenters. The lowest BCUT2D eigenvalue weighted by atomic mass is 10.1. The fraction of sp³-hybridized carbons (Fsp3) is 0.167. The van der Waals surface area contributed by atoms with Crippen LogP contribution in [0.4, 0.5) is 14.5 Å². The first-order chi connectivity index (χ1) is 13.8. The van der Waals surface area contributed by atoms with Gasteiger partial charge >= 0.3 is 0 Å². The summed E-state index contributed by atoms with van der Waals surface area (Å²) in [7, 11) is 0. The summed E-state index contributed by atoms with van der Waals surface area (Å²) >= 11 is -2.48. The molecule has 0 aliphatic heterocycles. The average molecular weight is 420 g/mol. The number of aromatic nitrogens is 2. The van der Waals surface area contributed by atoms with E-state index < -0.39 is 41.1 Å². The second-order valence-corrected chi connectivity index (χ2v) is 6.71. The standard InChI is InChI=1S/C18H14F2N4O4S/c1-10(7-19)24-9-22-15-4-2-11(6-12(15)18(24)25)28-17-13(8-21)16(23-29(26)27)5-3-14(17)20/h2-6,9-10,23H,7H2,1H3,(H,26,27)/t10-/m0/s1. The molecule has 150 valence electrons. The zero-order chi connectivity index (χ0) is 21.1. The van der Waals surface area contributed by atoms with Gasteiger partial charge < -0.3 is 4.74 Å². The molecule has 29 heavy (non-hydrogen) atoms. The topological polar surface area (TPSA) is 117 Å². The minimum Gasteiger partial charge on any atom is -0.453 e. The van der Waals surface area contributed by atoms with E-state index in [2.05, 4.69) is 9.71 Å². The van der Waals surface area contributed by atoms with Crippen LogP contribution in [-0.2, 0) is 11.3 Å². The SMILES string of the molecule is C[C@@H](CF)n1cnc2ccc(Oc3c(F)ccc(NS(=O)O)c3C#N)cc2c1=O. The van der Waals surface area contributed by atoms with E-state index in [9.17, 15) is 23.0 Å². The summed E-state index contributed by atoms with van der Waals surface area (Å²) in [6, 6.07) is 7.27. The number of nitrogens with one attached hydrogen (secondary N) is 1. The number of nitriles is 1.